The van der Waals surface area contributed by atoms with E-state index >= 15 is 0 Å². The zero-order valence-electron chi connectivity index (χ0n) is 10.9. The third-order valence-electron chi connectivity index (χ3n) is 2.87. The number of aromatic nitrogens is 2. The molecule has 0 spiro atoms. The van der Waals surface area contributed by atoms with E-state index in [1.165, 1.54) is 0 Å². The lowest BCUT2D eigenvalue weighted by atomic mass is 9.99. The Morgan fingerprint density at radius 2 is 1.89 bits per heavy atom. The molecule has 1 N–H and O–H groups in total. The Bertz CT molecular complexity index is 509. The summed E-state index contributed by atoms with van der Waals surface area (Å²) in [5.41, 5.74) is 1.07. The first-order valence-corrected chi connectivity index (χ1v) is 5.89. The Labute approximate surface area is 107 Å². The van der Waals surface area contributed by atoms with E-state index in [2.05, 4.69) is 5.10 Å². The maximum absolute atomic E-state index is 9.84. The van der Waals surface area contributed by atoms with Crippen LogP contribution in [0.3, 0.4) is 0 Å². The number of benzene rings is 1. The van der Waals surface area contributed by atoms with Gasteiger partial charge in [-0.25, -0.2) is 0 Å². The van der Waals surface area contributed by atoms with Crippen molar-refractivity contribution in [3.05, 3.63) is 47.8 Å². The minimum Gasteiger partial charge on any atom is -0.487 e. The lowest BCUT2D eigenvalue weighted by Gasteiger charge is -2.17. The normalized spacial score (nSPS) is 11.6. The van der Waals surface area contributed by atoms with Gasteiger partial charge in [-0.1, -0.05) is 12.1 Å². The highest BCUT2D eigenvalue weighted by Gasteiger charge is 2.15. The van der Waals surface area contributed by atoms with E-state index in [9.17, 15) is 5.11 Å². The van der Waals surface area contributed by atoms with Gasteiger partial charge in [0.2, 0.25) is 0 Å². The molecular weight excluding hydrogens is 228 g/mol. The molecule has 1 aromatic carbocycles. The van der Waals surface area contributed by atoms with Gasteiger partial charge in [-0.15, -0.1) is 0 Å². The molecule has 0 aliphatic rings. The van der Waals surface area contributed by atoms with Gasteiger partial charge in [0.25, 0.3) is 0 Å². The lowest BCUT2D eigenvalue weighted by Crippen LogP contribution is -2.15. The van der Waals surface area contributed by atoms with Gasteiger partial charge in [0.05, 0.1) is 11.3 Å². The summed E-state index contributed by atoms with van der Waals surface area (Å²) in [6.45, 7) is 4.01. The monoisotopic (exact) mass is 246 g/mol. The molecule has 1 aromatic heterocycles. The summed E-state index contributed by atoms with van der Waals surface area (Å²) < 4.78 is 7.44. The van der Waals surface area contributed by atoms with Gasteiger partial charge in [0.15, 0.2) is 0 Å². The molecule has 0 atom stereocenters. The SMILES string of the molecule is Cn1nccc1COc1ccc(C(C)(C)O)cc1. The number of hydrogen-bond acceptors (Lipinski definition) is 3. The summed E-state index contributed by atoms with van der Waals surface area (Å²) in [6.07, 6.45) is 1.75. The van der Waals surface area contributed by atoms with Gasteiger partial charge in [-0.2, -0.15) is 5.10 Å². The first-order chi connectivity index (χ1) is 8.47. The van der Waals surface area contributed by atoms with Crippen LogP contribution in [0.4, 0.5) is 0 Å². The van der Waals surface area contributed by atoms with Crippen LogP contribution in [-0.4, -0.2) is 14.9 Å². The zero-order valence-corrected chi connectivity index (χ0v) is 10.9. The summed E-state index contributed by atoms with van der Waals surface area (Å²) in [5.74, 6) is 0.782. The van der Waals surface area contributed by atoms with E-state index in [4.69, 9.17) is 4.74 Å². The van der Waals surface area contributed by atoms with Crippen LogP contribution in [0, 0.1) is 0 Å². The summed E-state index contributed by atoms with van der Waals surface area (Å²) in [7, 11) is 1.88. The predicted molar refractivity (Wildman–Crippen MR) is 69.2 cm³/mol. The van der Waals surface area contributed by atoms with E-state index in [0.29, 0.717) is 6.61 Å². The van der Waals surface area contributed by atoms with Crippen LogP contribution in [0.1, 0.15) is 25.1 Å². The number of aliphatic hydroxyl groups is 1. The average molecular weight is 246 g/mol. The topological polar surface area (TPSA) is 47.3 Å². The van der Waals surface area contributed by atoms with Crippen molar-refractivity contribution in [3.8, 4) is 5.75 Å². The van der Waals surface area contributed by atoms with Gasteiger partial charge >= 0.3 is 0 Å². The number of ether oxygens (including phenoxy) is 1. The number of aryl methyl sites for hydroxylation is 1. The van der Waals surface area contributed by atoms with Gasteiger partial charge in [0.1, 0.15) is 12.4 Å². The van der Waals surface area contributed by atoms with E-state index in [-0.39, 0.29) is 0 Å². The fourth-order valence-corrected chi connectivity index (χ4v) is 1.66. The molecule has 2 rings (SSSR count). The smallest absolute Gasteiger partial charge is 0.130 e. The molecule has 0 unspecified atom stereocenters. The second-order valence-corrected chi connectivity index (χ2v) is 4.82. The fourth-order valence-electron chi connectivity index (χ4n) is 1.66. The first kappa shape index (κ1) is 12.6. The van der Waals surface area contributed by atoms with Gasteiger partial charge < -0.3 is 9.84 Å². The van der Waals surface area contributed by atoms with Crippen molar-refractivity contribution in [2.45, 2.75) is 26.1 Å². The molecule has 18 heavy (non-hydrogen) atoms. The van der Waals surface area contributed by atoms with Crippen molar-refractivity contribution < 1.29 is 9.84 Å². The molecule has 4 heteroatoms. The Morgan fingerprint density at radius 1 is 1.22 bits per heavy atom. The van der Waals surface area contributed by atoms with Gasteiger partial charge in [0, 0.05) is 13.2 Å². The van der Waals surface area contributed by atoms with Crippen molar-refractivity contribution >= 4 is 0 Å². The Morgan fingerprint density at radius 3 is 2.39 bits per heavy atom. The van der Waals surface area contributed by atoms with Crippen LogP contribution in [0.2, 0.25) is 0 Å². The quantitative estimate of drug-likeness (QED) is 0.899. The summed E-state index contributed by atoms with van der Waals surface area (Å²) >= 11 is 0. The van der Waals surface area contributed by atoms with Gasteiger partial charge in [-0.05, 0) is 37.6 Å². The zero-order chi connectivity index (χ0) is 13.2. The molecule has 4 nitrogen and oxygen atoms in total. The van der Waals surface area contributed by atoms with E-state index in [1.807, 2.05) is 37.4 Å². The molecule has 0 aliphatic carbocycles. The van der Waals surface area contributed by atoms with E-state index < -0.39 is 5.60 Å². The highest BCUT2D eigenvalue weighted by molar-refractivity contribution is 5.30. The minimum atomic E-state index is -0.819. The third kappa shape index (κ3) is 2.90. The van der Waals surface area contributed by atoms with Gasteiger partial charge in [-0.3, -0.25) is 4.68 Å². The van der Waals surface area contributed by atoms with E-state index in [1.54, 1.807) is 24.7 Å². The summed E-state index contributed by atoms with van der Waals surface area (Å²) in [6, 6.07) is 9.40. The summed E-state index contributed by atoms with van der Waals surface area (Å²) in [4.78, 5) is 0. The highest BCUT2D eigenvalue weighted by atomic mass is 16.5. The third-order valence-corrected chi connectivity index (χ3v) is 2.87. The van der Waals surface area contributed by atoms with Crippen LogP contribution < -0.4 is 4.74 Å². The molecule has 0 bridgehead atoms. The van der Waals surface area contributed by atoms with E-state index in [0.717, 1.165) is 17.0 Å². The molecule has 96 valence electrons. The highest BCUT2D eigenvalue weighted by Crippen LogP contribution is 2.22. The van der Waals surface area contributed by atoms with Crippen LogP contribution in [0.15, 0.2) is 36.5 Å². The molecule has 0 saturated heterocycles. The van der Waals surface area contributed by atoms with Crippen LogP contribution in [0.5, 0.6) is 5.75 Å². The number of nitrogens with zero attached hydrogens (tertiary/aromatic N) is 2. The molecule has 0 aliphatic heterocycles. The molecule has 0 radical (unpaired) electrons. The molecular formula is C14H18N2O2. The second kappa shape index (κ2) is 4.82. The molecule has 0 saturated carbocycles. The van der Waals surface area contributed by atoms with Crippen molar-refractivity contribution in [1.82, 2.24) is 9.78 Å². The van der Waals surface area contributed by atoms with Crippen molar-refractivity contribution in [1.29, 1.82) is 0 Å². The summed E-state index contributed by atoms with van der Waals surface area (Å²) in [5, 5.41) is 13.9. The largest absolute Gasteiger partial charge is 0.487 e. The first-order valence-electron chi connectivity index (χ1n) is 5.89. The molecule has 1 heterocycles. The molecule has 2 aromatic rings. The Balaban J connectivity index is 2.01. The van der Waals surface area contributed by atoms with Crippen molar-refractivity contribution in [2.75, 3.05) is 0 Å². The second-order valence-electron chi connectivity index (χ2n) is 4.82. The lowest BCUT2D eigenvalue weighted by molar-refractivity contribution is 0.0785. The predicted octanol–water partition coefficient (Wildman–Crippen LogP) is 2.23. The van der Waals surface area contributed by atoms with Crippen LogP contribution in [-0.2, 0) is 19.3 Å². The molecule has 0 amide bonds. The maximum Gasteiger partial charge on any atom is 0.130 e. The minimum absolute atomic E-state index is 0.484. The standard InChI is InChI=1S/C14H18N2O2/c1-14(2,17)11-4-6-13(7-5-11)18-10-12-8-9-15-16(12)3/h4-9,17H,10H2,1-3H3. The number of hydrogen-bond donors (Lipinski definition) is 1. The average Bonchev–Trinajstić information content (AvgIpc) is 2.72. The maximum atomic E-state index is 9.84. The fraction of sp³-hybridized carbons (Fsp3) is 0.357. The van der Waals surface area contributed by atoms with Crippen molar-refractivity contribution in [2.24, 2.45) is 7.05 Å². The van der Waals surface area contributed by atoms with Crippen molar-refractivity contribution in [3.63, 3.8) is 0 Å². The Kier molecular flexibility index (Phi) is 3.39. The Hall–Kier alpha value is -1.81. The molecule has 0 fully saturated rings. The van der Waals surface area contributed by atoms with Crippen LogP contribution in [0.25, 0.3) is 0 Å². The van der Waals surface area contributed by atoms with Crippen LogP contribution >= 0.6 is 0 Å². The number of rotatable bonds is 4.